The van der Waals surface area contributed by atoms with Crippen molar-refractivity contribution in [3.63, 3.8) is 0 Å². The Morgan fingerprint density at radius 1 is 1.33 bits per heavy atom. The van der Waals surface area contributed by atoms with E-state index in [4.69, 9.17) is 10.8 Å². The zero-order valence-electron chi connectivity index (χ0n) is 6.46. The summed E-state index contributed by atoms with van der Waals surface area (Å²) in [5.74, 6) is -0.295. The van der Waals surface area contributed by atoms with Crippen molar-refractivity contribution in [3.05, 3.63) is 0 Å². The largest absolute Gasteiger partial charge is 0.465 e. The summed E-state index contributed by atoms with van der Waals surface area (Å²) in [6.07, 6.45) is 0.734. The predicted molar refractivity (Wildman–Crippen MR) is 39.4 cm³/mol. The summed E-state index contributed by atoms with van der Waals surface area (Å²) < 4.78 is 0. The SMILES string of the molecule is NC(=O)C12CC(NC(=O)O)(C1)C2. The number of carboxylic acid groups (broad SMARTS) is 1. The van der Waals surface area contributed by atoms with E-state index >= 15 is 0 Å². The fourth-order valence-corrected chi connectivity index (χ4v) is 2.41. The van der Waals surface area contributed by atoms with Gasteiger partial charge in [-0.2, -0.15) is 0 Å². The second-order valence-corrected chi connectivity index (χ2v) is 3.89. The maximum atomic E-state index is 10.8. The number of hydrogen-bond acceptors (Lipinski definition) is 2. The molecule has 4 N–H and O–H groups in total. The van der Waals surface area contributed by atoms with Gasteiger partial charge in [0, 0.05) is 5.54 Å². The van der Waals surface area contributed by atoms with Crippen LogP contribution in [0.5, 0.6) is 0 Å². The molecule has 0 aromatic rings. The first kappa shape index (κ1) is 7.39. The number of carbonyl (C=O) groups is 2. The predicted octanol–water partition coefficient (Wildman–Crippen LogP) is -0.338. The van der Waals surface area contributed by atoms with E-state index in [1.54, 1.807) is 0 Å². The minimum atomic E-state index is -1.02. The minimum absolute atomic E-state index is 0.295. The molecule has 12 heavy (non-hydrogen) atoms. The van der Waals surface area contributed by atoms with Gasteiger partial charge in [-0.1, -0.05) is 0 Å². The minimum Gasteiger partial charge on any atom is -0.465 e. The van der Waals surface area contributed by atoms with E-state index < -0.39 is 6.09 Å². The normalized spacial score (nSPS) is 42.3. The van der Waals surface area contributed by atoms with E-state index in [2.05, 4.69) is 5.32 Å². The Balaban J connectivity index is 1.95. The quantitative estimate of drug-likeness (QED) is 0.529. The molecule has 0 aromatic heterocycles. The Bertz CT molecular complexity index is 254. The number of rotatable bonds is 2. The molecule has 0 aromatic carbocycles. The molecule has 0 spiro atoms. The fraction of sp³-hybridized carbons (Fsp3) is 0.714. The monoisotopic (exact) mass is 170 g/mol. The molecule has 3 fully saturated rings. The molecule has 0 radical (unpaired) electrons. The van der Waals surface area contributed by atoms with Gasteiger partial charge < -0.3 is 16.2 Å². The summed E-state index contributed by atoms with van der Waals surface area (Å²) >= 11 is 0. The lowest BCUT2D eigenvalue weighted by Gasteiger charge is -2.68. The first-order valence-corrected chi connectivity index (χ1v) is 3.79. The lowest BCUT2D eigenvalue weighted by Crippen LogP contribution is -2.77. The molecule has 2 bridgehead atoms. The van der Waals surface area contributed by atoms with Crippen molar-refractivity contribution >= 4 is 12.0 Å². The molecule has 3 aliphatic carbocycles. The Labute approximate surface area is 68.9 Å². The number of nitrogens with two attached hydrogens (primary N) is 1. The van der Waals surface area contributed by atoms with Gasteiger partial charge in [-0.15, -0.1) is 0 Å². The molecule has 0 aliphatic heterocycles. The van der Waals surface area contributed by atoms with Crippen LogP contribution in [0.1, 0.15) is 19.3 Å². The third-order valence-corrected chi connectivity index (χ3v) is 2.93. The van der Waals surface area contributed by atoms with Crippen LogP contribution in [0.2, 0.25) is 0 Å². The zero-order chi connectivity index (χ0) is 8.98. The van der Waals surface area contributed by atoms with Crippen LogP contribution in [0.4, 0.5) is 4.79 Å². The van der Waals surface area contributed by atoms with Crippen molar-refractivity contribution in [2.24, 2.45) is 11.1 Å². The van der Waals surface area contributed by atoms with Crippen molar-refractivity contribution < 1.29 is 14.7 Å². The standard InChI is InChI=1S/C7H10N2O3/c8-4(10)6-1-7(2-6,3-6)9-5(11)12/h9H,1-3H2,(H2,8,10)(H,11,12). The van der Waals surface area contributed by atoms with Crippen LogP contribution in [-0.4, -0.2) is 22.6 Å². The van der Waals surface area contributed by atoms with Crippen molar-refractivity contribution in [2.45, 2.75) is 24.8 Å². The summed E-state index contributed by atoms with van der Waals surface area (Å²) in [6.45, 7) is 0. The van der Waals surface area contributed by atoms with E-state index in [1.807, 2.05) is 0 Å². The van der Waals surface area contributed by atoms with E-state index in [9.17, 15) is 9.59 Å². The summed E-state index contributed by atoms with van der Waals surface area (Å²) in [7, 11) is 0. The molecule has 66 valence electrons. The molecule has 0 heterocycles. The molecule has 0 unspecified atom stereocenters. The van der Waals surface area contributed by atoms with Crippen molar-refractivity contribution in [1.82, 2.24) is 5.32 Å². The highest BCUT2D eigenvalue weighted by molar-refractivity contribution is 5.86. The van der Waals surface area contributed by atoms with Gasteiger partial charge in [0.1, 0.15) is 0 Å². The van der Waals surface area contributed by atoms with Crippen molar-refractivity contribution in [1.29, 1.82) is 0 Å². The smallest absolute Gasteiger partial charge is 0.405 e. The number of nitrogens with one attached hydrogen (secondary N) is 1. The fourth-order valence-electron chi connectivity index (χ4n) is 2.41. The Morgan fingerprint density at radius 2 is 1.83 bits per heavy atom. The topological polar surface area (TPSA) is 92.4 Å². The number of hydrogen-bond donors (Lipinski definition) is 3. The Hall–Kier alpha value is -1.26. The molecule has 5 heteroatoms. The highest BCUT2D eigenvalue weighted by Gasteiger charge is 2.71. The van der Waals surface area contributed by atoms with Crippen LogP contribution in [0.3, 0.4) is 0 Å². The molecular formula is C7H10N2O3. The van der Waals surface area contributed by atoms with Gasteiger partial charge in [0.25, 0.3) is 0 Å². The van der Waals surface area contributed by atoms with Gasteiger partial charge in [0.2, 0.25) is 5.91 Å². The summed E-state index contributed by atoms with van der Waals surface area (Å²) in [5, 5.41) is 10.8. The molecule has 3 saturated carbocycles. The van der Waals surface area contributed by atoms with Crippen LogP contribution in [-0.2, 0) is 4.79 Å². The number of primary amides is 1. The van der Waals surface area contributed by atoms with Gasteiger partial charge in [0.05, 0.1) is 5.41 Å². The van der Waals surface area contributed by atoms with Crippen LogP contribution >= 0.6 is 0 Å². The maximum absolute atomic E-state index is 10.8. The van der Waals surface area contributed by atoms with Gasteiger partial charge in [0.15, 0.2) is 0 Å². The molecule has 2 amide bonds. The maximum Gasteiger partial charge on any atom is 0.405 e. The second kappa shape index (κ2) is 1.73. The van der Waals surface area contributed by atoms with Crippen LogP contribution in [0.15, 0.2) is 0 Å². The van der Waals surface area contributed by atoms with Gasteiger partial charge in [-0.05, 0) is 19.3 Å². The highest BCUT2D eigenvalue weighted by atomic mass is 16.4. The average molecular weight is 170 g/mol. The van der Waals surface area contributed by atoms with Crippen molar-refractivity contribution in [2.75, 3.05) is 0 Å². The Kier molecular flexibility index (Phi) is 1.07. The van der Waals surface area contributed by atoms with Crippen LogP contribution in [0, 0.1) is 5.41 Å². The highest BCUT2D eigenvalue weighted by Crippen LogP contribution is 2.66. The first-order chi connectivity index (χ1) is 5.48. The van der Waals surface area contributed by atoms with Gasteiger partial charge in [-0.25, -0.2) is 4.79 Å². The summed E-state index contributed by atoms with van der Waals surface area (Å²) in [4.78, 5) is 21.1. The Morgan fingerprint density at radius 3 is 2.17 bits per heavy atom. The molecule has 5 nitrogen and oxygen atoms in total. The van der Waals surface area contributed by atoms with E-state index in [0.717, 1.165) is 0 Å². The lowest BCUT2D eigenvalue weighted by atomic mass is 9.39. The molecule has 3 rings (SSSR count). The zero-order valence-corrected chi connectivity index (χ0v) is 6.46. The second-order valence-electron chi connectivity index (χ2n) is 3.89. The third kappa shape index (κ3) is 0.680. The van der Waals surface area contributed by atoms with E-state index in [0.29, 0.717) is 19.3 Å². The van der Waals surface area contributed by atoms with Crippen LogP contribution < -0.4 is 11.1 Å². The van der Waals surface area contributed by atoms with Crippen molar-refractivity contribution in [3.8, 4) is 0 Å². The molecule has 0 saturated heterocycles. The number of carbonyl (C=O) groups excluding carboxylic acids is 1. The van der Waals surface area contributed by atoms with Crippen LogP contribution in [0.25, 0.3) is 0 Å². The first-order valence-electron chi connectivity index (χ1n) is 3.79. The summed E-state index contributed by atoms with van der Waals surface area (Å²) in [5.41, 5.74) is 4.45. The lowest BCUT2D eigenvalue weighted by molar-refractivity contribution is -0.175. The summed E-state index contributed by atoms with van der Waals surface area (Å²) in [6, 6.07) is 0. The average Bonchev–Trinajstić information content (AvgIpc) is 1.72. The molecule has 3 aliphatic rings. The molecule has 0 atom stereocenters. The number of amides is 2. The van der Waals surface area contributed by atoms with E-state index in [1.165, 1.54) is 0 Å². The molecular weight excluding hydrogens is 160 g/mol. The van der Waals surface area contributed by atoms with E-state index in [-0.39, 0.29) is 16.9 Å². The van der Waals surface area contributed by atoms with Gasteiger partial charge >= 0.3 is 6.09 Å². The third-order valence-electron chi connectivity index (χ3n) is 2.93. The van der Waals surface area contributed by atoms with Gasteiger partial charge in [-0.3, -0.25) is 4.79 Å².